The maximum Gasteiger partial charge on any atom is 0.245 e. The van der Waals surface area contributed by atoms with Gasteiger partial charge in [-0.25, -0.2) is 0 Å². The third kappa shape index (κ3) is 2.93. The first kappa shape index (κ1) is 12.9. The molecule has 1 rings (SSSR count). The molecule has 3 N–H and O–H groups in total. The normalized spacial score (nSPS) is 24.2. The molecule has 92 valence electrons. The lowest BCUT2D eigenvalue weighted by molar-refractivity contribution is -0.139. The standard InChI is InChI=1S/C10H19N3O3/c1-3-12-8(14)6-13(2)9(15)10(11)4-5-16-7-10/h3-7,11H2,1-2H3,(H,12,14). The number of carbonyl (C=O) groups excluding carboxylic acids is 2. The second kappa shape index (κ2) is 5.27. The van der Waals surface area contributed by atoms with E-state index in [1.807, 2.05) is 6.92 Å². The summed E-state index contributed by atoms with van der Waals surface area (Å²) in [5.41, 5.74) is 4.95. The lowest BCUT2D eigenvalue weighted by Gasteiger charge is -2.27. The highest BCUT2D eigenvalue weighted by molar-refractivity contribution is 5.90. The first-order valence-electron chi connectivity index (χ1n) is 5.38. The van der Waals surface area contributed by atoms with Crippen LogP contribution in [0.4, 0.5) is 0 Å². The average molecular weight is 229 g/mol. The SMILES string of the molecule is CCNC(=O)CN(C)C(=O)C1(N)CCOC1. The van der Waals surface area contributed by atoms with Gasteiger partial charge in [-0.15, -0.1) is 0 Å². The summed E-state index contributed by atoms with van der Waals surface area (Å²) in [5, 5.41) is 2.63. The Kier molecular flexibility index (Phi) is 4.26. The summed E-state index contributed by atoms with van der Waals surface area (Å²) in [6.45, 7) is 3.14. The van der Waals surface area contributed by atoms with Gasteiger partial charge in [-0.05, 0) is 13.3 Å². The van der Waals surface area contributed by atoms with Gasteiger partial charge in [0.25, 0.3) is 0 Å². The molecule has 1 fully saturated rings. The van der Waals surface area contributed by atoms with E-state index >= 15 is 0 Å². The Morgan fingerprint density at radius 2 is 2.25 bits per heavy atom. The van der Waals surface area contributed by atoms with Crippen LogP contribution in [0.15, 0.2) is 0 Å². The Morgan fingerprint density at radius 1 is 1.56 bits per heavy atom. The van der Waals surface area contributed by atoms with Crippen LogP contribution in [0.25, 0.3) is 0 Å². The van der Waals surface area contributed by atoms with Crippen LogP contribution in [0.5, 0.6) is 0 Å². The van der Waals surface area contributed by atoms with Crippen molar-refractivity contribution in [1.29, 1.82) is 0 Å². The zero-order valence-corrected chi connectivity index (χ0v) is 9.78. The summed E-state index contributed by atoms with van der Waals surface area (Å²) in [5.74, 6) is -0.419. The van der Waals surface area contributed by atoms with Crippen LogP contribution in [0, 0.1) is 0 Å². The predicted octanol–water partition coefficient (Wildman–Crippen LogP) is -1.30. The maximum absolute atomic E-state index is 11.9. The zero-order chi connectivity index (χ0) is 12.2. The fourth-order valence-electron chi connectivity index (χ4n) is 1.67. The van der Waals surface area contributed by atoms with Gasteiger partial charge in [0.2, 0.25) is 11.8 Å². The summed E-state index contributed by atoms with van der Waals surface area (Å²) in [7, 11) is 1.57. The molecule has 0 aliphatic carbocycles. The van der Waals surface area contributed by atoms with Crippen LogP contribution in [-0.2, 0) is 14.3 Å². The first-order valence-corrected chi connectivity index (χ1v) is 5.38. The quantitative estimate of drug-likeness (QED) is 0.627. The molecule has 2 amide bonds. The Balaban J connectivity index is 2.50. The van der Waals surface area contributed by atoms with E-state index in [4.69, 9.17) is 10.5 Å². The molecule has 0 radical (unpaired) electrons. The minimum atomic E-state index is -0.957. The Morgan fingerprint density at radius 3 is 2.75 bits per heavy atom. The van der Waals surface area contributed by atoms with E-state index in [9.17, 15) is 9.59 Å². The predicted molar refractivity (Wildman–Crippen MR) is 58.7 cm³/mol. The molecule has 0 aromatic carbocycles. The van der Waals surface area contributed by atoms with E-state index in [1.165, 1.54) is 4.90 Å². The average Bonchev–Trinajstić information content (AvgIpc) is 2.65. The fraction of sp³-hybridized carbons (Fsp3) is 0.800. The van der Waals surface area contributed by atoms with E-state index < -0.39 is 5.54 Å². The number of nitrogens with one attached hydrogen (secondary N) is 1. The molecule has 0 aromatic rings. The summed E-state index contributed by atoms with van der Waals surface area (Å²) in [6.07, 6.45) is 0.506. The van der Waals surface area contributed by atoms with Crippen molar-refractivity contribution in [1.82, 2.24) is 10.2 Å². The lowest BCUT2D eigenvalue weighted by atomic mass is 9.98. The smallest absolute Gasteiger partial charge is 0.245 e. The molecule has 1 aliphatic heterocycles. The summed E-state index contributed by atoms with van der Waals surface area (Å²) in [4.78, 5) is 24.6. The van der Waals surface area contributed by atoms with Crippen LogP contribution < -0.4 is 11.1 Å². The number of nitrogens with zero attached hydrogens (tertiary/aromatic N) is 1. The van der Waals surface area contributed by atoms with Gasteiger partial charge in [0.05, 0.1) is 13.2 Å². The van der Waals surface area contributed by atoms with Crippen molar-refractivity contribution in [2.24, 2.45) is 5.73 Å². The Labute approximate surface area is 95.1 Å². The molecule has 1 heterocycles. The number of hydrogen-bond donors (Lipinski definition) is 2. The van der Waals surface area contributed by atoms with Crippen molar-refractivity contribution in [3.05, 3.63) is 0 Å². The van der Waals surface area contributed by atoms with E-state index in [1.54, 1.807) is 7.05 Å². The zero-order valence-electron chi connectivity index (χ0n) is 9.78. The molecule has 1 unspecified atom stereocenters. The minimum absolute atomic E-state index is 0.0334. The third-order valence-corrected chi connectivity index (χ3v) is 2.58. The molecular weight excluding hydrogens is 210 g/mol. The van der Waals surface area contributed by atoms with Crippen LogP contribution in [-0.4, -0.2) is 55.6 Å². The van der Waals surface area contributed by atoms with Gasteiger partial charge in [0, 0.05) is 20.2 Å². The van der Waals surface area contributed by atoms with Gasteiger partial charge >= 0.3 is 0 Å². The molecule has 16 heavy (non-hydrogen) atoms. The van der Waals surface area contributed by atoms with Crippen molar-refractivity contribution >= 4 is 11.8 Å². The number of carbonyl (C=O) groups is 2. The molecular formula is C10H19N3O3. The molecule has 6 nitrogen and oxygen atoms in total. The third-order valence-electron chi connectivity index (χ3n) is 2.58. The van der Waals surface area contributed by atoms with Crippen LogP contribution in [0.1, 0.15) is 13.3 Å². The van der Waals surface area contributed by atoms with Crippen molar-refractivity contribution in [2.75, 3.05) is 33.4 Å². The van der Waals surface area contributed by atoms with Crippen LogP contribution >= 0.6 is 0 Å². The van der Waals surface area contributed by atoms with Gasteiger partial charge < -0.3 is 20.7 Å². The van der Waals surface area contributed by atoms with Crippen molar-refractivity contribution in [3.63, 3.8) is 0 Å². The number of nitrogens with two attached hydrogens (primary N) is 1. The monoisotopic (exact) mass is 229 g/mol. The van der Waals surface area contributed by atoms with Gasteiger partial charge in [0.1, 0.15) is 5.54 Å². The Hall–Kier alpha value is -1.14. The molecule has 6 heteroatoms. The molecule has 0 saturated carbocycles. The van der Waals surface area contributed by atoms with E-state index in [2.05, 4.69) is 5.32 Å². The van der Waals surface area contributed by atoms with E-state index in [0.717, 1.165) is 0 Å². The molecule has 0 aromatic heterocycles. The highest BCUT2D eigenvalue weighted by Gasteiger charge is 2.40. The van der Waals surface area contributed by atoms with Crippen molar-refractivity contribution in [2.45, 2.75) is 18.9 Å². The number of rotatable bonds is 4. The van der Waals surface area contributed by atoms with Crippen LogP contribution in [0.2, 0.25) is 0 Å². The largest absolute Gasteiger partial charge is 0.379 e. The fourth-order valence-corrected chi connectivity index (χ4v) is 1.67. The Bertz CT molecular complexity index is 274. The maximum atomic E-state index is 11.9. The highest BCUT2D eigenvalue weighted by atomic mass is 16.5. The summed E-state index contributed by atoms with van der Waals surface area (Å²) >= 11 is 0. The van der Waals surface area contributed by atoms with Crippen molar-refractivity contribution in [3.8, 4) is 0 Å². The molecule has 1 aliphatic rings. The lowest BCUT2D eigenvalue weighted by Crippen LogP contribution is -2.56. The second-order valence-corrected chi connectivity index (χ2v) is 4.07. The molecule has 1 saturated heterocycles. The van der Waals surface area contributed by atoms with Crippen LogP contribution in [0.3, 0.4) is 0 Å². The summed E-state index contributed by atoms with van der Waals surface area (Å²) < 4.78 is 5.11. The minimum Gasteiger partial charge on any atom is -0.379 e. The van der Waals surface area contributed by atoms with Gasteiger partial charge in [0.15, 0.2) is 0 Å². The van der Waals surface area contributed by atoms with Gasteiger partial charge in [-0.2, -0.15) is 0 Å². The molecule has 0 bridgehead atoms. The van der Waals surface area contributed by atoms with E-state index in [0.29, 0.717) is 19.6 Å². The number of likely N-dealkylation sites (N-methyl/N-ethyl adjacent to an activating group) is 2. The second-order valence-electron chi connectivity index (χ2n) is 4.07. The van der Waals surface area contributed by atoms with Crippen molar-refractivity contribution < 1.29 is 14.3 Å². The number of ether oxygens (including phenoxy) is 1. The first-order chi connectivity index (χ1) is 7.49. The number of hydrogen-bond acceptors (Lipinski definition) is 4. The molecule has 1 atom stereocenters. The number of amides is 2. The van der Waals surface area contributed by atoms with Gasteiger partial charge in [-0.1, -0.05) is 0 Å². The molecule has 0 spiro atoms. The van der Waals surface area contributed by atoms with E-state index in [-0.39, 0.29) is 25.0 Å². The topological polar surface area (TPSA) is 84.7 Å². The van der Waals surface area contributed by atoms with Gasteiger partial charge in [-0.3, -0.25) is 9.59 Å². The highest BCUT2D eigenvalue weighted by Crippen LogP contribution is 2.17. The summed E-state index contributed by atoms with van der Waals surface area (Å²) in [6, 6.07) is 0.